The summed E-state index contributed by atoms with van der Waals surface area (Å²) in [6.07, 6.45) is 3.49. The first-order valence-corrected chi connectivity index (χ1v) is 12.5. The number of aromatic amines is 2. The summed E-state index contributed by atoms with van der Waals surface area (Å²) in [5.41, 5.74) is 4.05. The van der Waals surface area contributed by atoms with Crippen LogP contribution in [-0.2, 0) is 17.6 Å². The molecule has 0 atom stereocenters. The number of aromatic nitrogens is 2. The van der Waals surface area contributed by atoms with E-state index in [1.165, 1.54) is 13.0 Å². The fourth-order valence-electron chi connectivity index (χ4n) is 4.28. The summed E-state index contributed by atoms with van der Waals surface area (Å²) < 4.78 is 1.56. The second kappa shape index (κ2) is 10.2. The number of hydrogen-bond donors (Lipinski definition) is 5. The molecule has 13 heteroatoms. The molecule has 5 rings (SSSR count). The zero-order valence-electron chi connectivity index (χ0n) is 18.6. The summed E-state index contributed by atoms with van der Waals surface area (Å²) in [6.45, 7) is 3.09. The van der Waals surface area contributed by atoms with E-state index in [0.29, 0.717) is 22.1 Å². The van der Waals surface area contributed by atoms with Crippen molar-refractivity contribution >= 4 is 71.6 Å². The molecule has 0 spiro atoms. The van der Waals surface area contributed by atoms with E-state index in [4.69, 9.17) is 0 Å². The second-order valence-electron chi connectivity index (χ2n) is 8.15. The van der Waals surface area contributed by atoms with Crippen LogP contribution in [0.1, 0.15) is 30.9 Å². The lowest BCUT2D eigenvalue weighted by atomic mass is 10.00. The van der Waals surface area contributed by atoms with Gasteiger partial charge in [0.15, 0.2) is 0 Å². The summed E-state index contributed by atoms with van der Waals surface area (Å²) in [6, 6.07) is 3.23. The molecule has 35 heavy (non-hydrogen) atoms. The number of hydrogen-bond acceptors (Lipinski definition) is 7. The molecule has 0 radical (unpaired) electrons. The number of nitrogens with zero attached hydrogens (tertiary/aromatic N) is 1. The lowest BCUT2D eigenvalue weighted by Gasteiger charge is -2.22. The molecule has 2 aromatic carbocycles. The third kappa shape index (κ3) is 5.10. The minimum Gasteiger partial charge on any atom is -0.384 e. The topological polar surface area (TPSA) is 162 Å². The minimum absolute atomic E-state index is 0.0838. The van der Waals surface area contributed by atoms with Crippen LogP contribution in [0, 0.1) is 10.1 Å². The average Bonchev–Trinajstić information content (AvgIpc) is 2.82. The number of benzene rings is 2. The maximum absolute atomic E-state index is 11.4. The number of nitro groups is 1. The van der Waals surface area contributed by atoms with Gasteiger partial charge in [0.25, 0.3) is 5.69 Å². The summed E-state index contributed by atoms with van der Waals surface area (Å²) in [4.78, 5) is 49.7. The summed E-state index contributed by atoms with van der Waals surface area (Å²) in [5.74, 6) is -0.312. The molecule has 11 nitrogen and oxygen atoms in total. The number of carbonyl (C=O) groups excluding carboxylic acids is 1. The van der Waals surface area contributed by atoms with Gasteiger partial charge in [-0.15, -0.1) is 0 Å². The van der Waals surface area contributed by atoms with Gasteiger partial charge in [0.1, 0.15) is 5.69 Å². The van der Waals surface area contributed by atoms with Gasteiger partial charge < -0.3 is 25.9 Å². The van der Waals surface area contributed by atoms with Gasteiger partial charge in [0, 0.05) is 46.2 Å². The summed E-state index contributed by atoms with van der Waals surface area (Å²) >= 11 is 6.79. The molecule has 2 aliphatic rings. The highest BCUT2D eigenvalue weighted by Gasteiger charge is 2.26. The maximum Gasteiger partial charge on any atom is 0.314 e. The first kappa shape index (κ1) is 24.9. The molecule has 0 bridgehead atoms. The third-order valence-corrected chi connectivity index (χ3v) is 7.00. The number of fused-ring (bicyclic) bond motifs is 4. The van der Waals surface area contributed by atoms with Crippen molar-refractivity contribution in [2.75, 3.05) is 29.0 Å². The van der Waals surface area contributed by atoms with E-state index in [1.807, 2.05) is 6.07 Å². The Bertz CT molecular complexity index is 1470. The monoisotopic (exact) mass is 608 g/mol. The van der Waals surface area contributed by atoms with Gasteiger partial charge in [-0.25, -0.2) is 0 Å². The highest BCUT2D eigenvalue weighted by Crippen LogP contribution is 2.42. The van der Waals surface area contributed by atoms with Crippen molar-refractivity contribution in [1.29, 1.82) is 0 Å². The summed E-state index contributed by atoms with van der Waals surface area (Å²) in [7, 11) is 0. The number of nitro benzene ring substituents is 1. The Morgan fingerprint density at radius 3 is 2.17 bits per heavy atom. The van der Waals surface area contributed by atoms with Gasteiger partial charge >= 0.3 is 11.1 Å². The lowest BCUT2D eigenvalue weighted by molar-refractivity contribution is -0.384. The first-order valence-electron chi connectivity index (χ1n) is 10.9. The number of anilines is 3. The molecule has 0 saturated heterocycles. The van der Waals surface area contributed by atoms with E-state index in [-0.39, 0.29) is 11.6 Å². The number of rotatable bonds is 2. The molecule has 3 aromatic rings. The maximum atomic E-state index is 11.4. The van der Waals surface area contributed by atoms with Gasteiger partial charge in [-0.2, -0.15) is 0 Å². The normalized spacial score (nSPS) is 13.9. The van der Waals surface area contributed by atoms with Crippen molar-refractivity contribution in [1.82, 2.24) is 9.97 Å². The van der Waals surface area contributed by atoms with Crippen molar-refractivity contribution in [3.05, 3.63) is 63.0 Å². The van der Waals surface area contributed by atoms with E-state index in [2.05, 4.69) is 57.8 Å². The Labute approximate surface area is 215 Å². The minimum atomic E-state index is -0.617. The third-order valence-electron chi connectivity index (χ3n) is 5.75. The SMILES string of the molecule is CC(=O)Nc1c([N+](=O)[O-])cc(Br)c2c1CCCN2.O=c1[nH]c2cc(Br)c3c(c2[nH]c1=O)CCCN3. The fraction of sp³-hybridized carbons (Fsp3) is 0.318. The average molecular weight is 610 g/mol. The highest BCUT2D eigenvalue weighted by atomic mass is 79.9. The standard InChI is InChI=1S/C11H12BrN3O3.C11H10BrN3O2/c1-6(16)14-11-7-3-2-4-13-10(7)8(12)5-9(11)15(17)18;12-6-4-7-9(15-11(17)10(16)14-7)5-2-1-3-13-8(5)6/h5,13H,2-4H2,1H3,(H,14,16);4,13H,1-3H2,(H,14,16)(H,15,17). The van der Waals surface area contributed by atoms with Crippen molar-refractivity contribution in [3.8, 4) is 0 Å². The first-order chi connectivity index (χ1) is 16.7. The van der Waals surface area contributed by atoms with Crippen LogP contribution in [-0.4, -0.2) is 33.9 Å². The zero-order chi connectivity index (χ0) is 25.3. The Kier molecular flexibility index (Phi) is 7.26. The molecule has 0 aliphatic carbocycles. The van der Waals surface area contributed by atoms with Crippen molar-refractivity contribution in [2.45, 2.75) is 32.6 Å². The number of amides is 1. The van der Waals surface area contributed by atoms with E-state index in [9.17, 15) is 24.5 Å². The van der Waals surface area contributed by atoms with Crippen molar-refractivity contribution < 1.29 is 9.72 Å². The van der Waals surface area contributed by atoms with Gasteiger partial charge in [0.05, 0.1) is 27.3 Å². The van der Waals surface area contributed by atoms with Crippen LogP contribution in [0.25, 0.3) is 11.0 Å². The number of nitrogens with one attached hydrogen (secondary N) is 5. The van der Waals surface area contributed by atoms with Gasteiger partial charge in [-0.1, -0.05) is 0 Å². The molecule has 0 saturated carbocycles. The van der Waals surface area contributed by atoms with Crippen LogP contribution in [0.4, 0.5) is 22.7 Å². The number of H-pyrrole nitrogens is 2. The number of aryl methyl sites for hydroxylation is 1. The Balaban J connectivity index is 0.000000165. The molecule has 0 unspecified atom stereocenters. The Hall–Kier alpha value is -3.19. The molecule has 3 heterocycles. The number of halogens is 2. The van der Waals surface area contributed by atoms with Crippen LogP contribution >= 0.6 is 31.9 Å². The number of carbonyl (C=O) groups is 1. The smallest absolute Gasteiger partial charge is 0.314 e. The summed E-state index contributed by atoms with van der Waals surface area (Å²) in [5, 5.41) is 20.1. The molecule has 184 valence electrons. The van der Waals surface area contributed by atoms with E-state index in [1.54, 1.807) is 0 Å². The van der Waals surface area contributed by atoms with Gasteiger partial charge in [-0.3, -0.25) is 24.5 Å². The molecule has 0 fully saturated rings. The Morgan fingerprint density at radius 2 is 1.54 bits per heavy atom. The lowest BCUT2D eigenvalue weighted by Crippen LogP contribution is -2.29. The molecule has 5 N–H and O–H groups in total. The van der Waals surface area contributed by atoms with Crippen LogP contribution in [0.5, 0.6) is 0 Å². The van der Waals surface area contributed by atoms with Crippen molar-refractivity contribution in [2.24, 2.45) is 0 Å². The van der Waals surface area contributed by atoms with Crippen LogP contribution < -0.4 is 27.1 Å². The van der Waals surface area contributed by atoms with Crippen LogP contribution in [0.15, 0.2) is 30.7 Å². The van der Waals surface area contributed by atoms with Crippen LogP contribution in [0.2, 0.25) is 0 Å². The predicted octanol–water partition coefficient (Wildman–Crippen LogP) is 4.01. The fourth-order valence-corrected chi connectivity index (χ4v) is 5.49. The second-order valence-corrected chi connectivity index (χ2v) is 9.86. The Morgan fingerprint density at radius 1 is 0.971 bits per heavy atom. The molecule has 2 aliphatic heterocycles. The molecular weight excluding hydrogens is 588 g/mol. The van der Waals surface area contributed by atoms with Crippen LogP contribution in [0.3, 0.4) is 0 Å². The van der Waals surface area contributed by atoms with Crippen molar-refractivity contribution in [3.63, 3.8) is 0 Å². The quantitative estimate of drug-likeness (QED) is 0.166. The molecule has 1 aromatic heterocycles. The van der Waals surface area contributed by atoms with Gasteiger partial charge in [-0.05, 0) is 63.6 Å². The zero-order valence-corrected chi connectivity index (χ0v) is 21.8. The predicted molar refractivity (Wildman–Crippen MR) is 142 cm³/mol. The largest absolute Gasteiger partial charge is 0.384 e. The van der Waals surface area contributed by atoms with Gasteiger partial charge in [0.2, 0.25) is 5.91 Å². The van der Waals surface area contributed by atoms with E-state index in [0.717, 1.165) is 64.8 Å². The molecular formula is C22H22Br2N6O5. The molecule has 1 amide bonds. The highest BCUT2D eigenvalue weighted by molar-refractivity contribution is 9.11. The van der Waals surface area contributed by atoms with E-state index >= 15 is 0 Å². The van der Waals surface area contributed by atoms with E-state index < -0.39 is 16.0 Å².